The first-order chi connectivity index (χ1) is 27.6. The molecular weight excluding hydrogens is 699 g/mol. The molecule has 2 aromatic heterocycles. The molecule has 0 fully saturated rings. The van der Waals surface area contributed by atoms with E-state index in [9.17, 15) is 0 Å². The van der Waals surface area contributed by atoms with E-state index in [4.69, 9.17) is 8.83 Å². The Morgan fingerprint density at radius 2 is 0.696 bits per heavy atom. The molecule has 11 aromatic rings. The third-order valence-electron chi connectivity index (χ3n) is 10.7. The lowest BCUT2D eigenvalue weighted by atomic mass is 10.0. The summed E-state index contributed by atoms with van der Waals surface area (Å²) in [6, 6.07) is 58.2. The summed E-state index contributed by atoms with van der Waals surface area (Å²) in [7, 11) is 0. The minimum atomic E-state index is -0.298. The van der Waals surface area contributed by atoms with Crippen LogP contribution in [0.25, 0.3) is 65.4 Å². The number of halogens is 2. The van der Waals surface area contributed by atoms with Crippen molar-refractivity contribution >= 4 is 99.5 Å². The van der Waals surface area contributed by atoms with Crippen LogP contribution in [0.1, 0.15) is 0 Å². The number of anilines is 6. The lowest BCUT2D eigenvalue weighted by Gasteiger charge is -2.26. The number of rotatable bonds is 6. The second-order valence-corrected chi connectivity index (χ2v) is 14.1. The van der Waals surface area contributed by atoms with Crippen molar-refractivity contribution in [2.75, 3.05) is 9.80 Å². The summed E-state index contributed by atoms with van der Waals surface area (Å²) < 4.78 is 43.4. The summed E-state index contributed by atoms with van der Waals surface area (Å²) >= 11 is 0. The van der Waals surface area contributed by atoms with Gasteiger partial charge in [-0.2, -0.15) is 0 Å². The number of hydrogen-bond acceptors (Lipinski definition) is 4. The molecule has 0 amide bonds. The fourth-order valence-electron chi connectivity index (χ4n) is 8.06. The van der Waals surface area contributed by atoms with E-state index in [1.165, 1.54) is 12.1 Å². The van der Waals surface area contributed by atoms with Gasteiger partial charge in [0.05, 0.1) is 11.4 Å². The zero-order valence-corrected chi connectivity index (χ0v) is 29.8. The molecule has 0 saturated heterocycles. The highest BCUT2D eigenvalue weighted by atomic mass is 19.1. The van der Waals surface area contributed by atoms with Gasteiger partial charge in [-0.05, 0) is 125 Å². The first-order valence-corrected chi connectivity index (χ1v) is 18.5. The van der Waals surface area contributed by atoms with E-state index in [0.29, 0.717) is 11.4 Å². The zero-order chi connectivity index (χ0) is 37.3. The quantitative estimate of drug-likeness (QED) is 0.171. The van der Waals surface area contributed by atoms with Crippen molar-refractivity contribution in [2.45, 2.75) is 0 Å². The van der Waals surface area contributed by atoms with Crippen LogP contribution >= 0.6 is 0 Å². The Hall–Kier alpha value is -7.44. The molecule has 0 aliphatic heterocycles. The maximum atomic E-state index is 15.2. The van der Waals surface area contributed by atoms with Crippen LogP contribution in [0.4, 0.5) is 42.9 Å². The van der Waals surface area contributed by atoms with Crippen LogP contribution in [0.3, 0.4) is 0 Å². The van der Waals surface area contributed by atoms with E-state index in [0.717, 1.165) is 88.2 Å². The smallest absolute Gasteiger partial charge is 0.147 e. The van der Waals surface area contributed by atoms with Gasteiger partial charge in [0, 0.05) is 50.4 Å². The Kier molecular flexibility index (Phi) is 7.19. The van der Waals surface area contributed by atoms with Crippen molar-refractivity contribution in [3.63, 3.8) is 0 Å². The minimum absolute atomic E-state index is 0.298. The van der Waals surface area contributed by atoms with E-state index in [1.54, 1.807) is 24.3 Å². The molecule has 0 unspecified atom stereocenters. The van der Waals surface area contributed by atoms with Gasteiger partial charge in [-0.3, -0.25) is 0 Å². The number of para-hydroxylation sites is 4. The number of fused-ring (bicyclic) bond motifs is 8. The maximum absolute atomic E-state index is 15.2. The molecule has 0 aliphatic carbocycles. The number of hydrogen-bond donors (Lipinski definition) is 0. The molecule has 0 radical (unpaired) electrons. The Morgan fingerprint density at radius 3 is 1.14 bits per heavy atom. The Bertz CT molecular complexity index is 3080. The standard InChI is InChI=1S/C50H30F2N2O2/c51-43-15-7-9-17-45(43)53(35-11-3-1-4-12-35)37-21-19-31-25-39-41-29-42-40-26-32-20-22-38(54(36-13-5-2-6-14-36)46-18-10-8-16-44(46)52)24-34(32)28-48(40)56-50(42)30-49(41)55-47(39)27-33(31)23-37/h1-30H. The highest BCUT2D eigenvalue weighted by Gasteiger charge is 2.20. The lowest BCUT2D eigenvalue weighted by Crippen LogP contribution is -2.11. The van der Waals surface area contributed by atoms with Gasteiger partial charge in [0.15, 0.2) is 0 Å². The summed E-state index contributed by atoms with van der Waals surface area (Å²) in [6.07, 6.45) is 0. The highest BCUT2D eigenvalue weighted by molar-refractivity contribution is 6.18. The van der Waals surface area contributed by atoms with Crippen LogP contribution in [0, 0.1) is 11.6 Å². The van der Waals surface area contributed by atoms with Gasteiger partial charge in [-0.25, -0.2) is 8.78 Å². The molecule has 0 spiro atoms. The Morgan fingerprint density at radius 1 is 0.304 bits per heavy atom. The molecule has 4 nitrogen and oxygen atoms in total. The van der Waals surface area contributed by atoms with Crippen LogP contribution in [-0.2, 0) is 0 Å². The molecule has 9 aromatic carbocycles. The van der Waals surface area contributed by atoms with Crippen LogP contribution < -0.4 is 9.80 Å². The highest BCUT2D eigenvalue weighted by Crippen LogP contribution is 2.43. The van der Waals surface area contributed by atoms with Crippen molar-refractivity contribution in [3.05, 3.63) is 194 Å². The Balaban J connectivity index is 1.01. The van der Waals surface area contributed by atoms with Gasteiger partial charge in [0.1, 0.15) is 34.0 Å². The van der Waals surface area contributed by atoms with Gasteiger partial charge in [-0.15, -0.1) is 0 Å². The van der Waals surface area contributed by atoms with E-state index in [1.807, 2.05) is 101 Å². The molecule has 0 atom stereocenters. The second-order valence-electron chi connectivity index (χ2n) is 14.1. The van der Waals surface area contributed by atoms with Gasteiger partial charge in [0.25, 0.3) is 0 Å². The van der Waals surface area contributed by atoms with E-state index < -0.39 is 0 Å². The van der Waals surface area contributed by atoms with Gasteiger partial charge in [-0.1, -0.05) is 72.8 Å². The fourth-order valence-corrected chi connectivity index (χ4v) is 8.06. The fraction of sp³-hybridized carbons (Fsp3) is 0. The number of nitrogens with zero attached hydrogens (tertiary/aromatic N) is 2. The van der Waals surface area contributed by atoms with Crippen molar-refractivity contribution in [3.8, 4) is 0 Å². The summed E-state index contributed by atoms with van der Waals surface area (Å²) in [5.74, 6) is -0.596. The first kappa shape index (κ1) is 32.0. The zero-order valence-electron chi connectivity index (χ0n) is 29.8. The summed E-state index contributed by atoms with van der Waals surface area (Å²) in [6.45, 7) is 0. The average Bonchev–Trinajstić information content (AvgIpc) is 3.76. The average molecular weight is 729 g/mol. The van der Waals surface area contributed by atoms with Gasteiger partial charge < -0.3 is 18.6 Å². The molecule has 11 rings (SSSR count). The van der Waals surface area contributed by atoms with Crippen molar-refractivity contribution in [1.29, 1.82) is 0 Å². The number of furan rings is 2. The molecule has 2 heterocycles. The van der Waals surface area contributed by atoms with Crippen molar-refractivity contribution in [2.24, 2.45) is 0 Å². The lowest BCUT2D eigenvalue weighted by molar-refractivity contribution is 0.628. The largest absolute Gasteiger partial charge is 0.456 e. The molecule has 266 valence electrons. The molecular formula is C50H30F2N2O2. The Labute approximate surface area is 319 Å². The molecule has 0 saturated carbocycles. The van der Waals surface area contributed by atoms with Crippen molar-refractivity contribution < 1.29 is 17.6 Å². The predicted octanol–water partition coefficient (Wildman–Crippen LogP) is 15.0. The SMILES string of the molecule is Fc1ccccc1N(c1ccccc1)c1ccc2cc3c(cc2c1)oc1cc2oc4cc5cc(N(c6ccccc6)c6ccccc6F)ccc5cc4c2cc13. The van der Waals surface area contributed by atoms with Crippen LogP contribution in [-0.4, -0.2) is 0 Å². The summed E-state index contributed by atoms with van der Waals surface area (Å²) in [4.78, 5) is 3.87. The topological polar surface area (TPSA) is 32.8 Å². The van der Waals surface area contributed by atoms with Crippen LogP contribution in [0.15, 0.2) is 191 Å². The summed E-state index contributed by atoms with van der Waals surface area (Å²) in [5, 5.41) is 8.05. The molecule has 0 bridgehead atoms. The first-order valence-electron chi connectivity index (χ1n) is 18.5. The third kappa shape index (κ3) is 5.18. The minimum Gasteiger partial charge on any atom is -0.456 e. The van der Waals surface area contributed by atoms with Gasteiger partial charge >= 0.3 is 0 Å². The van der Waals surface area contributed by atoms with E-state index in [-0.39, 0.29) is 11.6 Å². The molecule has 0 aliphatic rings. The van der Waals surface area contributed by atoms with Crippen LogP contribution in [0.5, 0.6) is 0 Å². The third-order valence-corrected chi connectivity index (χ3v) is 10.7. The molecule has 6 heteroatoms. The second kappa shape index (κ2) is 12.6. The summed E-state index contributed by atoms with van der Waals surface area (Å²) in [5.41, 5.74) is 7.33. The number of benzene rings is 9. The van der Waals surface area contributed by atoms with E-state index in [2.05, 4.69) is 54.6 Å². The molecule has 0 N–H and O–H groups in total. The maximum Gasteiger partial charge on any atom is 0.147 e. The van der Waals surface area contributed by atoms with E-state index >= 15 is 8.78 Å². The van der Waals surface area contributed by atoms with Crippen molar-refractivity contribution in [1.82, 2.24) is 0 Å². The van der Waals surface area contributed by atoms with Crippen LogP contribution in [0.2, 0.25) is 0 Å². The molecule has 56 heavy (non-hydrogen) atoms. The monoisotopic (exact) mass is 728 g/mol. The van der Waals surface area contributed by atoms with Gasteiger partial charge in [0.2, 0.25) is 0 Å². The normalized spacial score (nSPS) is 11.8. The predicted molar refractivity (Wildman–Crippen MR) is 225 cm³/mol.